The number of anilines is 1. The van der Waals surface area contributed by atoms with Crippen LogP contribution in [0, 0.1) is 20.2 Å². The van der Waals surface area contributed by atoms with Gasteiger partial charge in [-0.25, -0.2) is 0 Å². The van der Waals surface area contributed by atoms with Crippen LogP contribution in [-0.4, -0.2) is 28.6 Å². The molecule has 0 radical (unpaired) electrons. The lowest BCUT2D eigenvalue weighted by atomic mass is 10.1. The molecule has 1 atom stereocenters. The van der Waals surface area contributed by atoms with Crippen molar-refractivity contribution in [2.45, 2.75) is 6.10 Å². The predicted octanol–water partition coefficient (Wildman–Crippen LogP) is 2.66. The van der Waals surface area contributed by atoms with Crippen LogP contribution in [0.2, 0.25) is 0 Å². The molecular weight excluding hydrogens is 318 g/mol. The van der Waals surface area contributed by atoms with Gasteiger partial charge in [0.05, 0.1) is 22.0 Å². The van der Waals surface area contributed by atoms with Gasteiger partial charge in [0.1, 0.15) is 11.4 Å². The molecule has 1 unspecified atom stereocenters. The molecule has 2 aromatic rings. The summed E-state index contributed by atoms with van der Waals surface area (Å²) in [7, 11) is 1.53. The van der Waals surface area contributed by atoms with E-state index in [2.05, 4.69) is 5.32 Å². The number of para-hydroxylation sites is 1. The fraction of sp³-hybridized carbons (Fsp3) is 0.200. The van der Waals surface area contributed by atoms with Gasteiger partial charge in [0.25, 0.3) is 11.4 Å². The Morgan fingerprint density at radius 2 is 1.79 bits per heavy atom. The zero-order valence-electron chi connectivity index (χ0n) is 12.7. The third-order valence-electron chi connectivity index (χ3n) is 3.36. The van der Waals surface area contributed by atoms with E-state index < -0.39 is 22.6 Å². The van der Waals surface area contributed by atoms with E-state index in [4.69, 9.17) is 4.74 Å². The highest BCUT2D eigenvalue weighted by atomic mass is 16.6. The third kappa shape index (κ3) is 3.58. The van der Waals surface area contributed by atoms with Crippen molar-refractivity contribution in [3.8, 4) is 5.75 Å². The zero-order chi connectivity index (χ0) is 17.7. The van der Waals surface area contributed by atoms with Gasteiger partial charge in [-0.1, -0.05) is 12.1 Å². The Morgan fingerprint density at radius 1 is 1.12 bits per heavy atom. The fourth-order valence-electron chi connectivity index (χ4n) is 2.24. The van der Waals surface area contributed by atoms with Crippen LogP contribution in [0.1, 0.15) is 11.7 Å². The molecule has 2 aromatic carbocycles. The molecule has 0 saturated heterocycles. The molecule has 2 N–H and O–H groups in total. The monoisotopic (exact) mass is 333 g/mol. The Morgan fingerprint density at radius 3 is 2.38 bits per heavy atom. The van der Waals surface area contributed by atoms with Gasteiger partial charge in [0.2, 0.25) is 0 Å². The maximum Gasteiger partial charge on any atom is 0.292 e. The minimum absolute atomic E-state index is 0.129. The normalized spacial score (nSPS) is 11.6. The van der Waals surface area contributed by atoms with E-state index in [1.54, 1.807) is 6.07 Å². The second kappa shape index (κ2) is 7.38. The van der Waals surface area contributed by atoms with Gasteiger partial charge < -0.3 is 15.2 Å². The van der Waals surface area contributed by atoms with Crippen LogP contribution >= 0.6 is 0 Å². The molecule has 9 heteroatoms. The first-order chi connectivity index (χ1) is 11.5. The van der Waals surface area contributed by atoms with Crippen LogP contribution < -0.4 is 10.1 Å². The number of aliphatic hydroxyl groups is 1. The summed E-state index contributed by atoms with van der Waals surface area (Å²) >= 11 is 0. The highest BCUT2D eigenvalue weighted by molar-refractivity contribution is 5.63. The second-order valence-electron chi connectivity index (χ2n) is 4.79. The number of nitrogens with one attached hydrogen (secondary N) is 1. The zero-order valence-corrected chi connectivity index (χ0v) is 12.7. The lowest BCUT2D eigenvalue weighted by Gasteiger charge is -2.18. The Balaban J connectivity index is 2.35. The summed E-state index contributed by atoms with van der Waals surface area (Å²) < 4.78 is 5.60. The Hall–Kier alpha value is -3.20. The summed E-state index contributed by atoms with van der Waals surface area (Å²) in [6.45, 7) is -0.489. The quantitative estimate of drug-likeness (QED) is 0.588. The minimum Gasteiger partial charge on any atom is -0.483 e. The van der Waals surface area contributed by atoms with Gasteiger partial charge in [-0.15, -0.1) is 0 Å². The summed E-state index contributed by atoms with van der Waals surface area (Å²) in [4.78, 5) is 20.9. The molecule has 24 heavy (non-hydrogen) atoms. The molecule has 2 rings (SSSR count). The second-order valence-corrected chi connectivity index (χ2v) is 4.79. The highest BCUT2D eigenvalue weighted by Gasteiger charge is 2.23. The number of hydrogen-bond acceptors (Lipinski definition) is 7. The third-order valence-corrected chi connectivity index (χ3v) is 3.36. The van der Waals surface area contributed by atoms with Crippen LogP contribution in [0.4, 0.5) is 17.1 Å². The maximum absolute atomic E-state index is 11.1. The molecule has 0 aliphatic carbocycles. The van der Waals surface area contributed by atoms with E-state index in [1.807, 2.05) is 0 Å². The van der Waals surface area contributed by atoms with Crippen LogP contribution in [-0.2, 0) is 0 Å². The summed E-state index contributed by atoms with van der Waals surface area (Å²) in [6, 6.07) is 9.95. The van der Waals surface area contributed by atoms with E-state index in [0.29, 0.717) is 0 Å². The van der Waals surface area contributed by atoms with Crippen molar-refractivity contribution in [1.29, 1.82) is 0 Å². The number of rotatable bonds is 7. The predicted molar refractivity (Wildman–Crippen MR) is 86.2 cm³/mol. The van der Waals surface area contributed by atoms with Crippen LogP contribution in [0.3, 0.4) is 0 Å². The number of nitro benzene ring substituents is 2. The van der Waals surface area contributed by atoms with E-state index >= 15 is 0 Å². The van der Waals surface area contributed by atoms with Crippen LogP contribution in [0.15, 0.2) is 42.5 Å². The fourth-order valence-corrected chi connectivity index (χ4v) is 2.24. The molecule has 0 spiro atoms. The first-order valence-electron chi connectivity index (χ1n) is 6.95. The summed E-state index contributed by atoms with van der Waals surface area (Å²) in [6.07, 6.45) is -0.974. The van der Waals surface area contributed by atoms with Gasteiger partial charge in [-0.3, -0.25) is 20.2 Å². The maximum atomic E-state index is 11.1. The van der Waals surface area contributed by atoms with Crippen molar-refractivity contribution < 1.29 is 19.7 Å². The van der Waals surface area contributed by atoms with Crippen molar-refractivity contribution in [2.24, 2.45) is 0 Å². The molecule has 0 aliphatic heterocycles. The van der Waals surface area contributed by atoms with E-state index in [-0.39, 0.29) is 28.4 Å². The standard InChI is InChI=1S/C15H15N3O6/c1-16-12-8-10(6-7-14(12)18(22)23)24-15(9-19)11-4-2-3-5-13(11)17(20)21/h2-8,15-16,19H,9H2,1H3. The summed E-state index contributed by atoms with van der Waals surface area (Å²) in [5, 5.41) is 34.2. The highest BCUT2D eigenvalue weighted by Crippen LogP contribution is 2.33. The molecule has 0 aliphatic rings. The average Bonchev–Trinajstić information content (AvgIpc) is 2.59. The van der Waals surface area contributed by atoms with Gasteiger partial charge >= 0.3 is 0 Å². The molecule has 126 valence electrons. The van der Waals surface area contributed by atoms with Gasteiger partial charge in [-0.05, 0) is 12.1 Å². The summed E-state index contributed by atoms with van der Waals surface area (Å²) in [5.41, 5.74) is 0.148. The molecule has 9 nitrogen and oxygen atoms in total. The number of nitro groups is 2. The molecule has 0 aromatic heterocycles. The Labute approximate surface area is 136 Å². The number of aliphatic hydroxyl groups excluding tert-OH is 1. The topological polar surface area (TPSA) is 128 Å². The Bertz CT molecular complexity index is 765. The van der Waals surface area contributed by atoms with Crippen molar-refractivity contribution in [3.05, 3.63) is 68.3 Å². The van der Waals surface area contributed by atoms with Gasteiger partial charge in [0, 0.05) is 25.2 Å². The van der Waals surface area contributed by atoms with Crippen LogP contribution in [0.25, 0.3) is 0 Å². The van der Waals surface area contributed by atoms with Crippen molar-refractivity contribution in [1.82, 2.24) is 0 Å². The van der Waals surface area contributed by atoms with Gasteiger partial charge in [0.15, 0.2) is 6.10 Å². The van der Waals surface area contributed by atoms with Crippen molar-refractivity contribution in [2.75, 3.05) is 19.0 Å². The molecule has 0 bridgehead atoms. The largest absolute Gasteiger partial charge is 0.483 e. The minimum atomic E-state index is -0.974. The average molecular weight is 333 g/mol. The van der Waals surface area contributed by atoms with Crippen molar-refractivity contribution >= 4 is 17.1 Å². The van der Waals surface area contributed by atoms with Crippen molar-refractivity contribution in [3.63, 3.8) is 0 Å². The molecule has 0 saturated carbocycles. The number of hydrogen-bond donors (Lipinski definition) is 2. The molecule has 0 amide bonds. The van der Waals surface area contributed by atoms with E-state index in [1.165, 1.54) is 43.4 Å². The smallest absolute Gasteiger partial charge is 0.292 e. The molecule has 0 heterocycles. The number of ether oxygens (including phenoxy) is 1. The summed E-state index contributed by atoms with van der Waals surface area (Å²) in [5.74, 6) is 0.238. The SMILES string of the molecule is CNc1cc(OC(CO)c2ccccc2[N+](=O)[O-])ccc1[N+](=O)[O-]. The Kier molecular flexibility index (Phi) is 5.27. The lowest BCUT2D eigenvalue weighted by Crippen LogP contribution is -2.14. The lowest BCUT2D eigenvalue weighted by molar-refractivity contribution is -0.386. The van der Waals surface area contributed by atoms with E-state index in [9.17, 15) is 25.3 Å². The molecule has 0 fully saturated rings. The van der Waals surface area contributed by atoms with E-state index in [0.717, 1.165) is 0 Å². The molecular formula is C15H15N3O6. The number of benzene rings is 2. The first kappa shape index (κ1) is 17.2. The van der Waals surface area contributed by atoms with Gasteiger partial charge in [-0.2, -0.15) is 0 Å². The van der Waals surface area contributed by atoms with Crippen LogP contribution in [0.5, 0.6) is 5.75 Å². The first-order valence-corrected chi connectivity index (χ1v) is 6.95. The number of nitrogens with zero attached hydrogens (tertiary/aromatic N) is 2.